The van der Waals surface area contributed by atoms with Crippen molar-refractivity contribution in [2.45, 2.75) is 25.4 Å². The lowest BCUT2D eigenvalue weighted by molar-refractivity contribution is -0.122. The second kappa shape index (κ2) is 6.95. The number of halogens is 1. The number of carbonyl (C=O) groups excluding carboxylic acids is 1. The summed E-state index contributed by atoms with van der Waals surface area (Å²) in [6.07, 6.45) is 0. The summed E-state index contributed by atoms with van der Waals surface area (Å²) < 4.78 is 20.8. The topological polar surface area (TPSA) is 60.4 Å². The number of carbonyl (C=O) groups is 1. The number of hydrogen-bond donors (Lipinski definition) is 1. The summed E-state index contributed by atoms with van der Waals surface area (Å²) in [5, 5.41) is 4.17. The monoisotopic (exact) mass is 423 g/mol. The number of amidine groups is 1. The van der Waals surface area contributed by atoms with Gasteiger partial charge in [-0.3, -0.25) is 4.79 Å². The van der Waals surface area contributed by atoms with E-state index < -0.39 is 6.04 Å². The highest BCUT2D eigenvalue weighted by molar-refractivity contribution is 6.10. The van der Waals surface area contributed by atoms with Gasteiger partial charge in [0.05, 0.1) is 11.2 Å². The molecule has 162 valence electrons. The van der Waals surface area contributed by atoms with Crippen LogP contribution in [0.3, 0.4) is 0 Å². The molecule has 3 heterocycles. The highest BCUT2D eigenvalue weighted by Crippen LogP contribution is 2.46. The first kappa shape index (κ1) is 19.8. The van der Waals surface area contributed by atoms with Crippen molar-refractivity contribution in [3.05, 3.63) is 42.2 Å². The molecule has 1 amide bonds. The first-order valence-electron chi connectivity index (χ1n) is 10.4. The number of rotatable bonds is 3. The Morgan fingerprint density at radius 3 is 2.71 bits per heavy atom. The number of fused-ring (bicyclic) bond motifs is 3. The number of amides is 1. The van der Waals surface area contributed by atoms with Crippen LogP contribution >= 0.6 is 0 Å². The summed E-state index contributed by atoms with van der Waals surface area (Å²) in [6.45, 7) is 6.10. The van der Waals surface area contributed by atoms with E-state index in [1.165, 1.54) is 6.07 Å². The third kappa shape index (κ3) is 3.05. The minimum atomic E-state index is -0.418. The van der Waals surface area contributed by atoms with E-state index >= 15 is 0 Å². The predicted molar refractivity (Wildman–Crippen MR) is 119 cm³/mol. The Morgan fingerprint density at radius 2 is 2.00 bits per heavy atom. The predicted octanol–water partition coefficient (Wildman–Crippen LogP) is 2.66. The van der Waals surface area contributed by atoms with Gasteiger partial charge < -0.3 is 19.4 Å². The van der Waals surface area contributed by atoms with E-state index in [0.717, 1.165) is 30.0 Å². The second-order valence-electron chi connectivity index (χ2n) is 8.88. The molecule has 0 aromatic heterocycles. The zero-order valence-electron chi connectivity index (χ0n) is 18.1. The van der Waals surface area contributed by atoms with E-state index in [0.29, 0.717) is 17.1 Å². The summed E-state index contributed by atoms with van der Waals surface area (Å²) >= 11 is 0. The number of benzene rings is 2. The molecule has 7 nitrogen and oxygen atoms in total. The van der Waals surface area contributed by atoms with Gasteiger partial charge in [-0.1, -0.05) is 18.2 Å². The van der Waals surface area contributed by atoms with Gasteiger partial charge in [-0.25, -0.2) is 9.82 Å². The number of ether oxygens (including phenoxy) is 1. The molecule has 0 bridgehead atoms. The van der Waals surface area contributed by atoms with Crippen molar-refractivity contribution in [2.24, 2.45) is 5.10 Å². The molecule has 3 aliphatic heterocycles. The summed E-state index contributed by atoms with van der Waals surface area (Å²) in [7, 11) is 4.13. The Hall–Kier alpha value is -3.13. The molecule has 0 aliphatic carbocycles. The van der Waals surface area contributed by atoms with Gasteiger partial charge in [0.15, 0.2) is 5.84 Å². The van der Waals surface area contributed by atoms with Crippen LogP contribution in [0.1, 0.15) is 13.8 Å². The number of likely N-dealkylation sites (tertiary alicyclic amines) is 1. The number of hydrazone groups is 1. The first-order chi connectivity index (χ1) is 14.8. The molecular formula is C23H26FN5O2. The molecule has 0 spiro atoms. The van der Waals surface area contributed by atoms with Crippen LogP contribution < -0.4 is 20.0 Å². The summed E-state index contributed by atoms with van der Waals surface area (Å²) in [4.78, 5) is 18.7. The van der Waals surface area contributed by atoms with Crippen molar-refractivity contribution in [1.29, 1.82) is 0 Å². The number of anilines is 2. The smallest absolute Gasteiger partial charge is 0.262 e. The molecular weight excluding hydrogens is 397 g/mol. The van der Waals surface area contributed by atoms with Crippen LogP contribution in [-0.2, 0) is 4.79 Å². The summed E-state index contributed by atoms with van der Waals surface area (Å²) in [6, 6.07) is 10.3. The highest BCUT2D eigenvalue weighted by Gasteiger charge is 2.42. The number of hydrogen-bond acceptors (Lipinski definition) is 6. The number of likely N-dealkylation sites (N-methyl/N-ethyl adjacent to an activating group) is 2. The van der Waals surface area contributed by atoms with Gasteiger partial charge in [-0.2, -0.15) is 5.10 Å². The first-order valence-corrected chi connectivity index (χ1v) is 10.4. The van der Waals surface area contributed by atoms with Crippen LogP contribution in [0.5, 0.6) is 5.75 Å². The van der Waals surface area contributed by atoms with Crippen LogP contribution in [0.2, 0.25) is 0 Å². The Bertz CT molecular complexity index is 1100. The minimum Gasteiger partial charge on any atom is -0.483 e. The minimum absolute atomic E-state index is 0.0830. The lowest BCUT2D eigenvalue weighted by Gasteiger charge is -2.53. The quantitative estimate of drug-likeness (QED) is 0.823. The molecule has 0 radical (unpaired) electrons. The Labute approximate surface area is 181 Å². The molecule has 1 saturated heterocycles. The average Bonchev–Trinajstić information content (AvgIpc) is 2.74. The average molecular weight is 423 g/mol. The normalized spacial score (nSPS) is 21.8. The van der Waals surface area contributed by atoms with Gasteiger partial charge in [-0.05, 0) is 39.1 Å². The standard InChI is InChI=1S/C23H26FN5O2/c1-14-22(30)26-25-21-11-31-20-9-16(15-7-5-6-8-17(15)24)18(10-19(20)29(14)21)28(4)23(2)12-27(3)13-23/h5-10,14H,11-13H2,1-4H3,(H,26,30)/t14-/m1/s1. The van der Waals surface area contributed by atoms with E-state index in [1.807, 2.05) is 37.1 Å². The Balaban J connectivity index is 1.70. The molecule has 1 fully saturated rings. The molecule has 3 aliphatic rings. The van der Waals surface area contributed by atoms with E-state index in [1.54, 1.807) is 12.1 Å². The molecule has 1 atom stereocenters. The SMILES string of the molecule is C[C@@H]1C(=O)NN=C2COc3cc(-c4ccccc4F)c(N(C)C4(C)CN(C)C4)cc3N21. The molecule has 2 aromatic carbocycles. The maximum Gasteiger partial charge on any atom is 0.262 e. The second-order valence-corrected chi connectivity index (χ2v) is 8.88. The molecule has 0 saturated carbocycles. The van der Waals surface area contributed by atoms with Crippen molar-refractivity contribution >= 4 is 23.1 Å². The van der Waals surface area contributed by atoms with Crippen molar-refractivity contribution in [2.75, 3.05) is 43.6 Å². The van der Waals surface area contributed by atoms with Crippen LogP contribution in [0, 0.1) is 5.82 Å². The third-order valence-corrected chi connectivity index (χ3v) is 6.59. The molecule has 0 unspecified atom stereocenters. The fraction of sp³-hybridized carbons (Fsp3) is 0.391. The number of nitrogens with one attached hydrogen (secondary N) is 1. The van der Waals surface area contributed by atoms with Gasteiger partial charge in [0.2, 0.25) is 0 Å². The lowest BCUT2D eigenvalue weighted by Crippen LogP contribution is -2.66. The van der Waals surface area contributed by atoms with Gasteiger partial charge in [0.25, 0.3) is 5.91 Å². The zero-order chi connectivity index (χ0) is 21.9. The third-order valence-electron chi connectivity index (χ3n) is 6.59. The van der Waals surface area contributed by atoms with E-state index in [2.05, 4.69) is 34.3 Å². The fourth-order valence-electron chi connectivity index (χ4n) is 4.85. The van der Waals surface area contributed by atoms with Crippen molar-refractivity contribution in [3.63, 3.8) is 0 Å². The molecule has 1 N–H and O–H groups in total. The Morgan fingerprint density at radius 1 is 1.26 bits per heavy atom. The number of nitrogens with zero attached hydrogens (tertiary/aromatic N) is 4. The van der Waals surface area contributed by atoms with Gasteiger partial charge in [0, 0.05) is 37.0 Å². The van der Waals surface area contributed by atoms with E-state index in [9.17, 15) is 9.18 Å². The largest absolute Gasteiger partial charge is 0.483 e. The maximum atomic E-state index is 14.8. The Kier molecular flexibility index (Phi) is 4.44. The van der Waals surface area contributed by atoms with E-state index in [-0.39, 0.29) is 23.9 Å². The van der Waals surface area contributed by atoms with Crippen molar-refractivity contribution in [3.8, 4) is 16.9 Å². The van der Waals surface area contributed by atoms with E-state index in [4.69, 9.17) is 4.74 Å². The maximum absolute atomic E-state index is 14.8. The van der Waals surface area contributed by atoms with Crippen LogP contribution in [0.25, 0.3) is 11.1 Å². The van der Waals surface area contributed by atoms with Gasteiger partial charge >= 0.3 is 0 Å². The lowest BCUT2D eigenvalue weighted by atomic mass is 9.89. The van der Waals surface area contributed by atoms with Gasteiger partial charge in [0.1, 0.15) is 24.2 Å². The molecule has 5 rings (SSSR count). The molecule has 2 aromatic rings. The zero-order valence-corrected chi connectivity index (χ0v) is 18.1. The summed E-state index contributed by atoms with van der Waals surface area (Å²) in [5.41, 5.74) is 5.42. The van der Waals surface area contributed by atoms with Crippen LogP contribution in [0.4, 0.5) is 15.8 Å². The highest BCUT2D eigenvalue weighted by atomic mass is 19.1. The summed E-state index contributed by atoms with van der Waals surface area (Å²) in [5.74, 6) is 0.822. The molecule has 31 heavy (non-hydrogen) atoms. The van der Waals surface area contributed by atoms with Crippen LogP contribution in [-0.4, -0.2) is 62.0 Å². The van der Waals surface area contributed by atoms with Crippen molar-refractivity contribution in [1.82, 2.24) is 10.3 Å². The van der Waals surface area contributed by atoms with Gasteiger partial charge in [-0.15, -0.1) is 0 Å². The van der Waals surface area contributed by atoms with Crippen LogP contribution in [0.15, 0.2) is 41.5 Å². The molecule has 8 heteroatoms. The van der Waals surface area contributed by atoms with Crippen molar-refractivity contribution < 1.29 is 13.9 Å². The fourth-order valence-corrected chi connectivity index (χ4v) is 4.85.